The molecule has 1 aromatic carbocycles. The van der Waals surface area contributed by atoms with Crippen LogP contribution in [0.3, 0.4) is 0 Å². The molecule has 0 amide bonds. The van der Waals surface area contributed by atoms with E-state index < -0.39 is 0 Å². The molecule has 0 fully saturated rings. The van der Waals surface area contributed by atoms with Gasteiger partial charge >= 0.3 is 0 Å². The van der Waals surface area contributed by atoms with Crippen molar-refractivity contribution >= 4 is 43.3 Å². The van der Waals surface area contributed by atoms with Gasteiger partial charge in [-0.1, -0.05) is 18.2 Å². The molecule has 0 spiro atoms. The van der Waals surface area contributed by atoms with Crippen LogP contribution in [-0.2, 0) is 7.05 Å². The lowest BCUT2D eigenvalue weighted by Crippen LogP contribution is -2.10. The molecule has 5 heteroatoms. The summed E-state index contributed by atoms with van der Waals surface area (Å²) in [6.07, 6.45) is 3.66. The van der Waals surface area contributed by atoms with Gasteiger partial charge in [-0.2, -0.15) is 0 Å². The second-order valence-electron chi connectivity index (χ2n) is 5.04. The molecule has 0 unspecified atom stereocenters. The van der Waals surface area contributed by atoms with Gasteiger partial charge in [-0.25, -0.2) is 9.97 Å². The Hall–Kier alpha value is -2.40. The highest BCUT2D eigenvalue weighted by molar-refractivity contribution is 7.22. The number of fused-ring (bicyclic) bond motifs is 2. The first-order chi connectivity index (χ1) is 10.2. The van der Waals surface area contributed by atoms with Crippen molar-refractivity contribution in [3.8, 4) is 0 Å². The van der Waals surface area contributed by atoms with E-state index >= 15 is 0 Å². The van der Waals surface area contributed by atoms with Gasteiger partial charge in [0, 0.05) is 25.0 Å². The third kappa shape index (κ3) is 1.89. The predicted octanol–water partition coefficient (Wildman–Crippen LogP) is 3.95. The van der Waals surface area contributed by atoms with Crippen LogP contribution < -0.4 is 4.90 Å². The molecule has 4 aromatic rings. The average Bonchev–Trinajstić information content (AvgIpc) is 3.10. The van der Waals surface area contributed by atoms with Crippen molar-refractivity contribution in [2.75, 3.05) is 11.9 Å². The smallest absolute Gasteiger partial charge is 0.161 e. The van der Waals surface area contributed by atoms with Gasteiger partial charge in [0.05, 0.1) is 16.8 Å². The first-order valence-electron chi connectivity index (χ1n) is 6.72. The van der Waals surface area contributed by atoms with E-state index in [1.807, 2.05) is 37.3 Å². The number of thiophene rings is 1. The summed E-state index contributed by atoms with van der Waals surface area (Å²) >= 11 is 1.77. The molecule has 104 valence electrons. The Morgan fingerprint density at radius 1 is 1.14 bits per heavy atom. The van der Waals surface area contributed by atoms with Crippen molar-refractivity contribution in [2.45, 2.75) is 0 Å². The second-order valence-corrected chi connectivity index (χ2v) is 6.10. The minimum atomic E-state index is 0.889. The van der Waals surface area contributed by atoms with Crippen LogP contribution in [0.1, 0.15) is 0 Å². The Balaban J connectivity index is 1.87. The molecule has 3 heterocycles. The number of imidazole rings is 1. The second kappa shape index (κ2) is 4.56. The molecule has 0 N–H and O–H groups in total. The van der Waals surface area contributed by atoms with Crippen molar-refractivity contribution in [1.82, 2.24) is 14.5 Å². The van der Waals surface area contributed by atoms with Crippen molar-refractivity contribution in [1.29, 1.82) is 0 Å². The molecule has 0 aliphatic carbocycles. The molecule has 0 aliphatic heterocycles. The summed E-state index contributed by atoms with van der Waals surface area (Å²) in [6, 6.07) is 12.6. The number of anilines is 2. The first-order valence-corrected chi connectivity index (χ1v) is 7.54. The largest absolute Gasteiger partial charge is 0.334 e. The van der Waals surface area contributed by atoms with Crippen molar-refractivity contribution in [3.63, 3.8) is 0 Å². The summed E-state index contributed by atoms with van der Waals surface area (Å²) in [6.45, 7) is 0. The Bertz CT molecular complexity index is 905. The normalized spacial score (nSPS) is 11.3. The topological polar surface area (TPSA) is 34.0 Å². The molecule has 21 heavy (non-hydrogen) atoms. The highest BCUT2D eigenvalue weighted by Gasteiger charge is 2.14. The van der Waals surface area contributed by atoms with Gasteiger partial charge in [0.2, 0.25) is 0 Å². The van der Waals surface area contributed by atoms with Crippen LogP contribution in [0.15, 0.2) is 48.9 Å². The lowest BCUT2D eigenvalue weighted by atomic mass is 10.3. The number of hydrogen-bond donors (Lipinski definition) is 0. The van der Waals surface area contributed by atoms with Gasteiger partial charge in [0.1, 0.15) is 5.52 Å². The zero-order valence-electron chi connectivity index (χ0n) is 11.8. The Morgan fingerprint density at radius 3 is 2.86 bits per heavy atom. The molecule has 0 saturated carbocycles. The zero-order chi connectivity index (χ0) is 14.4. The van der Waals surface area contributed by atoms with E-state index in [4.69, 9.17) is 0 Å². The summed E-state index contributed by atoms with van der Waals surface area (Å²) in [5.41, 5.74) is 2.02. The number of hydrogen-bond acceptors (Lipinski definition) is 4. The maximum Gasteiger partial charge on any atom is 0.161 e. The summed E-state index contributed by atoms with van der Waals surface area (Å²) in [4.78, 5) is 11.1. The van der Waals surface area contributed by atoms with Gasteiger partial charge in [-0.05, 0) is 23.6 Å². The van der Waals surface area contributed by atoms with E-state index in [9.17, 15) is 0 Å². The van der Waals surface area contributed by atoms with E-state index in [1.165, 1.54) is 15.1 Å². The average molecular weight is 294 g/mol. The molecule has 0 saturated heterocycles. The molecule has 0 radical (unpaired) electrons. The Labute approximate surface area is 126 Å². The fourth-order valence-corrected chi connectivity index (χ4v) is 3.56. The summed E-state index contributed by atoms with van der Waals surface area (Å²) in [5, 5.41) is 2.43. The molecule has 3 aromatic heterocycles. The number of aryl methyl sites for hydroxylation is 1. The van der Waals surface area contributed by atoms with Gasteiger partial charge in [0.25, 0.3) is 0 Å². The fraction of sp³-hybridized carbons (Fsp3) is 0.125. The van der Waals surface area contributed by atoms with Gasteiger partial charge < -0.3 is 9.47 Å². The van der Waals surface area contributed by atoms with Crippen LogP contribution in [0.5, 0.6) is 0 Å². The summed E-state index contributed by atoms with van der Waals surface area (Å²) in [7, 11) is 4.04. The van der Waals surface area contributed by atoms with Crippen LogP contribution >= 0.6 is 11.3 Å². The van der Waals surface area contributed by atoms with Gasteiger partial charge in [0.15, 0.2) is 5.82 Å². The van der Waals surface area contributed by atoms with E-state index in [2.05, 4.69) is 45.2 Å². The minimum absolute atomic E-state index is 0.889. The van der Waals surface area contributed by atoms with Crippen LogP contribution in [-0.4, -0.2) is 21.6 Å². The van der Waals surface area contributed by atoms with Crippen LogP contribution in [0.4, 0.5) is 10.8 Å². The number of rotatable bonds is 2. The van der Waals surface area contributed by atoms with E-state index in [0.717, 1.165) is 16.9 Å². The van der Waals surface area contributed by atoms with Crippen LogP contribution in [0.25, 0.3) is 21.1 Å². The van der Waals surface area contributed by atoms with Crippen molar-refractivity contribution < 1.29 is 0 Å². The minimum Gasteiger partial charge on any atom is -0.334 e. The maximum absolute atomic E-state index is 4.52. The SMILES string of the molecule is CN(c1cc2ccccc2s1)c1nccc2c1ncn2C. The molecule has 0 bridgehead atoms. The lowest BCUT2D eigenvalue weighted by molar-refractivity contribution is 0.947. The van der Waals surface area contributed by atoms with Gasteiger partial charge in [-0.3, -0.25) is 0 Å². The van der Waals surface area contributed by atoms with Crippen molar-refractivity contribution in [3.05, 3.63) is 48.9 Å². The molecule has 0 atom stereocenters. The third-order valence-corrected chi connectivity index (χ3v) is 4.88. The van der Waals surface area contributed by atoms with Crippen LogP contribution in [0.2, 0.25) is 0 Å². The summed E-state index contributed by atoms with van der Waals surface area (Å²) < 4.78 is 3.30. The molecular formula is C16H14N4S. The molecular weight excluding hydrogens is 280 g/mol. The molecule has 4 rings (SSSR count). The standard InChI is InChI=1S/C16H14N4S/c1-19-10-18-15-12(19)7-8-17-16(15)20(2)14-9-11-5-3-4-6-13(11)21-14/h3-10H,1-2H3. The monoisotopic (exact) mass is 294 g/mol. The third-order valence-electron chi connectivity index (χ3n) is 3.68. The number of nitrogens with zero attached hydrogens (tertiary/aromatic N) is 4. The van der Waals surface area contributed by atoms with Gasteiger partial charge in [-0.15, -0.1) is 11.3 Å². The molecule has 0 aliphatic rings. The molecule has 4 nitrogen and oxygen atoms in total. The summed E-state index contributed by atoms with van der Waals surface area (Å²) in [5.74, 6) is 0.889. The number of benzene rings is 1. The van der Waals surface area contributed by atoms with E-state index in [-0.39, 0.29) is 0 Å². The number of aromatic nitrogens is 3. The maximum atomic E-state index is 4.52. The fourth-order valence-electron chi connectivity index (χ4n) is 2.53. The Kier molecular flexibility index (Phi) is 2.68. The van der Waals surface area contributed by atoms with Crippen LogP contribution in [0, 0.1) is 0 Å². The highest BCUT2D eigenvalue weighted by Crippen LogP contribution is 2.36. The van der Waals surface area contributed by atoms with E-state index in [0.29, 0.717) is 0 Å². The number of pyridine rings is 1. The quantitative estimate of drug-likeness (QED) is 0.561. The lowest BCUT2D eigenvalue weighted by Gasteiger charge is -2.16. The first kappa shape index (κ1) is 12.3. The highest BCUT2D eigenvalue weighted by atomic mass is 32.1. The van der Waals surface area contributed by atoms with Crippen molar-refractivity contribution in [2.24, 2.45) is 7.05 Å². The zero-order valence-corrected chi connectivity index (χ0v) is 12.6. The Morgan fingerprint density at radius 2 is 2.00 bits per heavy atom. The van der Waals surface area contributed by atoms with E-state index in [1.54, 1.807) is 11.3 Å². The predicted molar refractivity (Wildman–Crippen MR) is 88.4 cm³/mol.